The molecular formula is C20H16N2O. The number of hydrogen-bond acceptors (Lipinski definition) is 2. The van der Waals surface area contributed by atoms with E-state index in [2.05, 4.69) is 42.2 Å². The molecule has 0 unspecified atom stereocenters. The number of aromatic amines is 1. The van der Waals surface area contributed by atoms with E-state index in [0.29, 0.717) is 5.56 Å². The van der Waals surface area contributed by atoms with Gasteiger partial charge in [-0.2, -0.15) is 5.26 Å². The standard InChI is InChI=1S/C20H16N2O/c1-3-18-19(15-5-4-6-17-14(15)9-10-22-17)16-8-7-13(11-21)12(2)20(16)23-18/h4-10,22H,3H2,1-2H3. The van der Waals surface area contributed by atoms with Gasteiger partial charge in [0.1, 0.15) is 11.3 Å². The number of H-pyrrole nitrogens is 1. The fourth-order valence-corrected chi connectivity index (χ4v) is 3.31. The lowest BCUT2D eigenvalue weighted by atomic mass is 9.96. The van der Waals surface area contributed by atoms with Crippen molar-refractivity contribution in [2.45, 2.75) is 20.3 Å². The van der Waals surface area contributed by atoms with Gasteiger partial charge in [0.05, 0.1) is 11.6 Å². The maximum absolute atomic E-state index is 9.25. The van der Waals surface area contributed by atoms with E-state index in [1.807, 2.05) is 25.3 Å². The molecule has 0 aliphatic rings. The second-order valence-electron chi connectivity index (χ2n) is 5.72. The monoisotopic (exact) mass is 300 g/mol. The summed E-state index contributed by atoms with van der Waals surface area (Å²) in [5.41, 5.74) is 5.82. The normalized spacial score (nSPS) is 11.2. The SMILES string of the molecule is CCc1oc2c(C)c(C#N)ccc2c1-c1cccc2[nH]ccc12. The number of nitrogens with one attached hydrogen (secondary N) is 1. The van der Waals surface area contributed by atoms with Gasteiger partial charge in [-0.1, -0.05) is 19.1 Å². The number of hydrogen-bond donors (Lipinski definition) is 1. The van der Waals surface area contributed by atoms with Gasteiger partial charge < -0.3 is 9.40 Å². The molecule has 4 rings (SSSR count). The number of aromatic nitrogens is 1. The predicted molar refractivity (Wildman–Crippen MR) is 92.3 cm³/mol. The van der Waals surface area contributed by atoms with Crippen LogP contribution < -0.4 is 0 Å². The Balaban J connectivity index is 2.13. The summed E-state index contributed by atoms with van der Waals surface area (Å²) in [5, 5.41) is 11.5. The third-order valence-corrected chi connectivity index (χ3v) is 4.49. The van der Waals surface area contributed by atoms with Crippen LogP contribution in [0.3, 0.4) is 0 Å². The van der Waals surface area contributed by atoms with Gasteiger partial charge in [-0.25, -0.2) is 0 Å². The summed E-state index contributed by atoms with van der Waals surface area (Å²) >= 11 is 0. The topological polar surface area (TPSA) is 52.7 Å². The quantitative estimate of drug-likeness (QED) is 0.544. The Morgan fingerprint density at radius 3 is 2.78 bits per heavy atom. The van der Waals surface area contributed by atoms with Gasteiger partial charge in [-0.15, -0.1) is 0 Å². The van der Waals surface area contributed by atoms with Crippen LogP contribution in [0.4, 0.5) is 0 Å². The molecule has 0 amide bonds. The molecule has 0 atom stereocenters. The fraction of sp³-hybridized carbons (Fsp3) is 0.150. The zero-order valence-corrected chi connectivity index (χ0v) is 13.1. The average molecular weight is 300 g/mol. The van der Waals surface area contributed by atoms with Gasteiger partial charge in [0.15, 0.2) is 0 Å². The number of nitriles is 1. The molecule has 0 saturated carbocycles. The van der Waals surface area contributed by atoms with E-state index in [1.54, 1.807) is 0 Å². The lowest BCUT2D eigenvalue weighted by Gasteiger charge is -2.04. The van der Waals surface area contributed by atoms with Crippen LogP contribution in [0.1, 0.15) is 23.8 Å². The molecule has 2 heterocycles. The summed E-state index contributed by atoms with van der Waals surface area (Å²) in [7, 11) is 0. The lowest BCUT2D eigenvalue weighted by molar-refractivity contribution is 0.556. The van der Waals surface area contributed by atoms with Crippen LogP contribution in [0.15, 0.2) is 47.0 Å². The molecule has 0 aliphatic carbocycles. The van der Waals surface area contributed by atoms with Crippen LogP contribution in [0.2, 0.25) is 0 Å². The molecule has 0 bridgehead atoms. The third-order valence-electron chi connectivity index (χ3n) is 4.49. The highest BCUT2D eigenvalue weighted by Crippen LogP contribution is 2.40. The Labute approximate surface area is 134 Å². The maximum Gasteiger partial charge on any atom is 0.139 e. The van der Waals surface area contributed by atoms with E-state index < -0.39 is 0 Å². The molecule has 112 valence electrons. The van der Waals surface area contributed by atoms with Crippen LogP contribution in [-0.4, -0.2) is 4.98 Å². The number of benzene rings is 2. The zero-order chi connectivity index (χ0) is 16.0. The van der Waals surface area contributed by atoms with Gasteiger partial charge in [-0.05, 0) is 36.8 Å². The Hall–Kier alpha value is -2.99. The van der Waals surface area contributed by atoms with Gasteiger partial charge in [0, 0.05) is 40.0 Å². The minimum atomic E-state index is 0.667. The minimum absolute atomic E-state index is 0.667. The first-order chi connectivity index (χ1) is 11.2. The fourth-order valence-electron chi connectivity index (χ4n) is 3.31. The van der Waals surface area contributed by atoms with Crippen molar-refractivity contribution in [2.75, 3.05) is 0 Å². The van der Waals surface area contributed by atoms with Crippen molar-refractivity contribution in [1.29, 1.82) is 5.26 Å². The Morgan fingerprint density at radius 2 is 2.00 bits per heavy atom. The molecule has 0 spiro atoms. The van der Waals surface area contributed by atoms with Crippen LogP contribution in [0.5, 0.6) is 0 Å². The van der Waals surface area contributed by atoms with Crippen LogP contribution in [0.25, 0.3) is 33.0 Å². The molecule has 0 saturated heterocycles. The summed E-state index contributed by atoms with van der Waals surface area (Å²) in [4.78, 5) is 3.26. The van der Waals surface area contributed by atoms with E-state index in [0.717, 1.165) is 39.8 Å². The maximum atomic E-state index is 9.25. The highest BCUT2D eigenvalue weighted by atomic mass is 16.3. The molecule has 23 heavy (non-hydrogen) atoms. The Kier molecular flexibility index (Phi) is 2.99. The summed E-state index contributed by atoms with van der Waals surface area (Å²) in [6.45, 7) is 4.05. The van der Waals surface area contributed by atoms with Crippen molar-refractivity contribution in [3.05, 3.63) is 59.5 Å². The first-order valence-corrected chi connectivity index (χ1v) is 7.76. The second-order valence-corrected chi connectivity index (χ2v) is 5.72. The number of aryl methyl sites for hydroxylation is 2. The summed E-state index contributed by atoms with van der Waals surface area (Å²) in [6, 6.07) is 14.5. The summed E-state index contributed by atoms with van der Waals surface area (Å²) in [5.74, 6) is 0.965. The number of furan rings is 1. The third kappa shape index (κ3) is 1.89. The largest absolute Gasteiger partial charge is 0.460 e. The first kappa shape index (κ1) is 13.7. The van der Waals surface area contributed by atoms with E-state index >= 15 is 0 Å². The first-order valence-electron chi connectivity index (χ1n) is 7.76. The van der Waals surface area contributed by atoms with Crippen LogP contribution in [-0.2, 0) is 6.42 Å². The Morgan fingerprint density at radius 1 is 1.13 bits per heavy atom. The molecule has 0 fully saturated rings. The van der Waals surface area contributed by atoms with Gasteiger partial charge in [-0.3, -0.25) is 0 Å². The molecule has 0 aliphatic heterocycles. The van der Waals surface area contributed by atoms with E-state index in [1.165, 1.54) is 10.9 Å². The second kappa shape index (κ2) is 5.03. The summed E-state index contributed by atoms with van der Waals surface area (Å²) < 4.78 is 6.14. The Bertz CT molecular complexity index is 1080. The van der Waals surface area contributed by atoms with Crippen molar-refractivity contribution < 1.29 is 4.42 Å². The molecule has 4 aromatic rings. The van der Waals surface area contributed by atoms with E-state index in [-0.39, 0.29) is 0 Å². The van der Waals surface area contributed by atoms with Crippen molar-refractivity contribution in [2.24, 2.45) is 0 Å². The predicted octanol–water partition coefficient (Wildman–Crippen LogP) is 5.32. The number of nitrogens with zero attached hydrogens (tertiary/aromatic N) is 1. The van der Waals surface area contributed by atoms with Gasteiger partial charge in [0.25, 0.3) is 0 Å². The van der Waals surface area contributed by atoms with Crippen molar-refractivity contribution in [3.63, 3.8) is 0 Å². The number of rotatable bonds is 2. The van der Waals surface area contributed by atoms with Crippen molar-refractivity contribution >= 4 is 21.9 Å². The molecule has 1 N–H and O–H groups in total. The highest BCUT2D eigenvalue weighted by Gasteiger charge is 2.19. The van der Waals surface area contributed by atoms with Crippen molar-refractivity contribution in [3.8, 4) is 17.2 Å². The molecule has 3 nitrogen and oxygen atoms in total. The molecular weight excluding hydrogens is 284 g/mol. The van der Waals surface area contributed by atoms with Gasteiger partial charge >= 0.3 is 0 Å². The van der Waals surface area contributed by atoms with E-state index in [4.69, 9.17) is 4.42 Å². The molecule has 2 aromatic heterocycles. The lowest BCUT2D eigenvalue weighted by Crippen LogP contribution is -1.85. The molecule has 3 heteroatoms. The van der Waals surface area contributed by atoms with Crippen molar-refractivity contribution in [1.82, 2.24) is 4.98 Å². The average Bonchev–Trinajstić information content (AvgIpc) is 3.19. The zero-order valence-electron chi connectivity index (χ0n) is 13.1. The molecule has 0 radical (unpaired) electrons. The van der Waals surface area contributed by atoms with Crippen LogP contribution in [0, 0.1) is 18.3 Å². The smallest absolute Gasteiger partial charge is 0.139 e. The van der Waals surface area contributed by atoms with Crippen LogP contribution >= 0.6 is 0 Å². The molecule has 2 aromatic carbocycles. The summed E-state index contributed by atoms with van der Waals surface area (Å²) in [6.07, 6.45) is 2.77. The minimum Gasteiger partial charge on any atom is -0.460 e. The van der Waals surface area contributed by atoms with E-state index in [9.17, 15) is 5.26 Å². The number of fused-ring (bicyclic) bond motifs is 2. The van der Waals surface area contributed by atoms with Gasteiger partial charge in [0.2, 0.25) is 0 Å². The highest BCUT2D eigenvalue weighted by molar-refractivity contribution is 6.05.